The highest BCUT2D eigenvalue weighted by molar-refractivity contribution is 5.55. The van der Waals surface area contributed by atoms with E-state index in [-0.39, 0.29) is 11.4 Å². The molecular weight excluding hydrogens is 233 g/mol. The van der Waals surface area contributed by atoms with Crippen LogP contribution in [0, 0.1) is 5.82 Å². The topological polar surface area (TPSA) is 32.7 Å². The van der Waals surface area contributed by atoms with Gasteiger partial charge in [-0.05, 0) is 39.0 Å². The van der Waals surface area contributed by atoms with E-state index in [1.807, 2.05) is 13.8 Å². The summed E-state index contributed by atoms with van der Waals surface area (Å²) in [5, 5.41) is 9.77. The van der Waals surface area contributed by atoms with E-state index in [9.17, 15) is 9.50 Å². The lowest BCUT2D eigenvalue weighted by Crippen LogP contribution is -2.48. The molecule has 1 N–H and O–H groups in total. The summed E-state index contributed by atoms with van der Waals surface area (Å²) in [6, 6.07) is 4.57. The zero-order chi connectivity index (χ0) is 13.3. The van der Waals surface area contributed by atoms with Crippen LogP contribution < -0.4 is 4.90 Å². The van der Waals surface area contributed by atoms with Gasteiger partial charge in [-0.25, -0.2) is 4.39 Å². The van der Waals surface area contributed by atoms with Crippen molar-refractivity contribution in [2.75, 3.05) is 24.6 Å². The molecule has 0 bridgehead atoms. The Kier molecular flexibility index (Phi) is 3.59. The molecule has 1 aliphatic heterocycles. The van der Waals surface area contributed by atoms with Gasteiger partial charge >= 0.3 is 0 Å². The quantitative estimate of drug-likeness (QED) is 0.879. The Bertz CT molecular complexity index is 432. The molecule has 1 atom stereocenters. The predicted molar refractivity (Wildman–Crippen MR) is 69.3 cm³/mol. The Morgan fingerprint density at radius 3 is 2.78 bits per heavy atom. The molecule has 4 heteroatoms. The lowest BCUT2D eigenvalue weighted by molar-refractivity contribution is -0.0278. The molecule has 0 spiro atoms. The number of ether oxygens (including phenoxy) is 1. The number of anilines is 1. The standard InChI is InChI=1S/C14H20FNO2/c1-10(17)12-8-11(15)4-5-13(12)16-6-7-18-14(2,3)9-16/h4-5,8,10,17H,6-7,9H2,1-3H3. The lowest BCUT2D eigenvalue weighted by atomic mass is 10.0. The summed E-state index contributed by atoms with van der Waals surface area (Å²) in [5.41, 5.74) is 1.30. The van der Waals surface area contributed by atoms with E-state index in [1.54, 1.807) is 13.0 Å². The average Bonchev–Trinajstić information content (AvgIpc) is 2.27. The molecule has 1 fully saturated rings. The van der Waals surface area contributed by atoms with Crippen LogP contribution in [-0.2, 0) is 4.74 Å². The van der Waals surface area contributed by atoms with Gasteiger partial charge in [-0.3, -0.25) is 0 Å². The minimum atomic E-state index is -0.679. The van der Waals surface area contributed by atoms with Crippen molar-refractivity contribution in [2.45, 2.75) is 32.5 Å². The van der Waals surface area contributed by atoms with E-state index < -0.39 is 6.10 Å². The molecule has 100 valence electrons. The molecule has 1 aromatic rings. The maximum Gasteiger partial charge on any atom is 0.123 e. The van der Waals surface area contributed by atoms with Gasteiger partial charge in [0.05, 0.1) is 18.3 Å². The maximum absolute atomic E-state index is 13.3. The zero-order valence-corrected chi connectivity index (χ0v) is 11.1. The van der Waals surface area contributed by atoms with Crippen LogP contribution in [0.4, 0.5) is 10.1 Å². The van der Waals surface area contributed by atoms with E-state index in [0.29, 0.717) is 12.2 Å². The summed E-state index contributed by atoms with van der Waals surface area (Å²) >= 11 is 0. The van der Waals surface area contributed by atoms with Crippen molar-refractivity contribution in [1.82, 2.24) is 0 Å². The highest BCUT2D eigenvalue weighted by Crippen LogP contribution is 2.30. The third-order valence-electron chi connectivity index (χ3n) is 3.21. The summed E-state index contributed by atoms with van der Waals surface area (Å²) in [7, 11) is 0. The summed E-state index contributed by atoms with van der Waals surface area (Å²) in [5.74, 6) is -0.317. The van der Waals surface area contributed by atoms with Gasteiger partial charge in [-0.15, -0.1) is 0 Å². The fourth-order valence-corrected chi connectivity index (χ4v) is 2.37. The minimum Gasteiger partial charge on any atom is -0.389 e. The van der Waals surface area contributed by atoms with Crippen molar-refractivity contribution < 1.29 is 14.2 Å². The number of benzene rings is 1. The Labute approximate surface area is 107 Å². The van der Waals surface area contributed by atoms with E-state index >= 15 is 0 Å². The number of halogens is 1. The number of hydrogen-bond acceptors (Lipinski definition) is 3. The molecule has 1 unspecified atom stereocenters. The second kappa shape index (κ2) is 4.86. The summed E-state index contributed by atoms with van der Waals surface area (Å²) in [6.45, 7) is 7.86. The molecule has 3 nitrogen and oxygen atoms in total. The Balaban J connectivity index is 2.32. The first-order valence-corrected chi connectivity index (χ1v) is 6.25. The van der Waals surface area contributed by atoms with Crippen LogP contribution in [-0.4, -0.2) is 30.4 Å². The van der Waals surface area contributed by atoms with Crippen LogP contribution in [0.15, 0.2) is 18.2 Å². The Morgan fingerprint density at radius 2 is 2.17 bits per heavy atom. The fraction of sp³-hybridized carbons (Fsp3) is 0.571. The normalized spacial score (nSPS) is 20.8. The summed E-state index contributed by atoms with van der Waals surface area (Å²) in [6.07, 6.45) is -0.679. The molecular formula is C14H20FNO2. The largest absolute Gasteiger partial charge is 0.389 e. The van der Waals surface area contributed by atoms with Gasteiger partial charge in [0.25, 0.3) is 0 Å². The van der Waals surface area contributed by atoms with Crippen molar-refractivity contribution in [3.63, 3.8) is 0 Å². The Morgan fingerprint density at radius 1 is 1.44 bits per heavy atom. The molecule has 1 heterocycles. The first kappa shape index (κ1) is 13.3. The molecule has 1 saturated heterocycles. The zero-order valence-electron chi connectivity index (χ0n) is 11.1. The Hall–Kier alpha value is -1.13. The first-order valence-electron chi connectivity index (χ1n) is 6.25. The highest BCUT2D eigenvalue weighted by Gasteiger charge is 2.28. The average molecular weight is 253 g/mol. The van der Waals surface area contributed by atoms with Crippen molar-refractivity contribution in [1.29, 1.82) is 0 Å². The van der Waals surface area contributed by atoms with E-state index in [2.05, 4.69) is 4.90 Å². The van der Waals surface area contributed by atoms with Gasteiger partial charge in [-0.1, -0.05) is 0 Å². The van der Waals surface area contributed by atoms with Gasteiger partial charge in [0, 0.05) is 24.3 Å². The second-order valence-electron chi connectivity index (χ2n) is 5.41. The fourth-order valence-electron chi connectivity index (χ4n) is 2.37. The smallest absolute Gasteiger partial charge is 0.123 e. The monoisotopic (exact) mass is 253 g/mol. The van der Waals surface area contributed by atoms with Crippen molar-refractivity contribution >= 4 is 5.69 Å². The van der Waals surface area contributed by atoms with Crippen LogP contribution in [0.3, 0.4) is 0 Å². The SMILES string of the molecule is CC(O)c1cc(F)ccc1N1CCOC(C)(C)C1. The molecule has 1 aliphatic rings. The molecule has 18 heavy (non-hydrogen) atoms. The van der Waals surface area contributed by atoms with Crippen LogP contribution in [0.1, 0.15) is 32.4 Å². The first-order chi connectivity index (χ1) is 8.39. The predicted octanol–water partition coefficient (Wildman–Crippen LogP) is 2.49. The summed E-state index contributed by atoms with van der Waals surface area (Å²) < 4.78 is 18.9. The number of rotatable bonds is 2. The van der Waals surface area contributed by atoms with Crippen LogP contribution >= 0.6 is 0 Å². The highest BCUT2D eigenvalue weighted by atomic mass is 19.1. The van der Waals surface area contributed by atoms with E-state index in [0.717, 1.165) is 18.8 Å². The summed E-state index contributed by atoms with van der Waals surface area (Å²) in [4.78, 5) is 2.14. The second-order valence-corrected chi connectivity index (χ2v) is 5.41. The number of hydrogen-bond donors (Lipinski definition) is 1. The molecule has 0 radical (unpaired) electrons. The third-order valence-corrected chi connectivity index (χ3v) is 3.21. The van der Waals surface area contributed by atoms with Crippen molar-refractivity contribution in [2.24, 2.45) is 0 Å². The van der Waals surface area contributed by atoms with E-state index in [1.165, 1.54) is 12.1 Å². The van der Waals surface area contributed by atoms with Gasteiger partial charge in [0.2, 0.25) is 0 Å². The van der Waals surface area contributed by atoms with Crippen LogP contribution in [0.25, 0.3) is 0 Å². The molecule has 0 aliphatic carbocycles. The molecule has 0 amide bonds. The van der Waals surface area contributed by atoms with Crippen LogP contribution in [0.5, 0.6) is 0 Å². The minimum absolute atomic E-state index is 0.220. The molecule has 0 aromatic heterocycles. The van der Waals surface area contributed by atoms with Gasteiger partial charge < -0.3 is 14.7 Å². The third kappa shape index (κ3) is 2.82. The maximum atomic E-state index is 13.3. The molecule has 2 rings (SSSR count). The number of aliphatic hydroxyl groups is 1. The molecule has 0 saturated carbocycles. The van der Waals surface area contributed by atoms with Gasteiger partial charge in [-0.2, -0.15) is 0 Å². The number of nitrogens with zero attached hydrogens (tertiary/aromatic N) is 1. The van der Waals surface area contributed by atoms with Crippen molar-refractivity contribution in [3.8, 4) is 0 Å². The van der Waals surface area contributed by atoms with Gasteiger partial charge in [0.1, 0.15) is 5.82 Å². The lowest BCUT2D eigenvalue weighted by Gasteiger charge is -2.40. The van der Waals surface area contributed by atoms with E-state index in [4.69, 9.17) is 4.74 Å². The molecule has 1 aromatic carbocycles. The van der Waals surface area contributed by atoms with Gasteiger partial charge in [0.15, 0.2) is 0 Å². The number of aliphatic hydroxyl groups excluding tert-OH is 1. The van der Waals surface area contributed by atoms with Crippen LogP contribution in [0.2, 0.25) is 0 Å². The van der Waals surface area contributed by atoms with Crippen molar-refractivity contribution in [3.05, 3.63) is 29.6 Å². The number of morpholine rings is 1.